The Labute approximate surface area is 88.1 Å². The van der Waals surface area contributed by atoms with Crippen molar-refractivity contribution in [3.05, 3.63) is 35.9 Å². The molecule has 4 nitrogen and oxygen atoms in total. The van der Waals surface area contributed by atoms with E-state index in [1.54, 1.807) is 7.05 Å². The average Bonchev–Trinajstić information content (AvgIpc) is 2.56. The van der Waals surface area contributed by atoms with Crippen LogP contribution < -0.4 is 0 Å². The Balaban J connectivity index is 2.30. The number of rotatable bonds is 2. The van der Waals surface area contributed by atoms with Gasteiger partial charge < -0.3 is 14.7 Å². The van der Waals surface area contributed by atoms with Gasteiger partial charge in [-0.25, -0.2) is 4.79 Å². The first-order chi connectivity index (χ1) is 7.24. The third-order valence-electron chi connectivity index (χ3n) is 2.63. The number of aliphatic hydroxyl groups is 1. The van der Waals surface area contributed by atoms with Crippen LogP contribution >= 0.6 is 0 Å². The van der Waals surface area contributed by atoms with Crippen LogP contribution in [-0.4, -0.2) is 35.9 Å². The molecule has 4 heteroatoms. The molecule has 1 fully saturated rings. The summed E-state index contributed by atoms with van der Waals surface area (Å²) >= 11 is 0. The number of amides is 1. The minimum atomic E-state index is -0.468. The Kier molecular flexibility index (Phi) is 2.60. The molecule has 0 saturated carbocycles. The van der Waals surface area contributed by atoms with Gasteiger partial charge in [0.05, 0.1) is 12.6 Å². The summed E-state index contributed by atoms with van der Waals surface area (Å²) in [6.45, 7) is -0.157. The number of carbonyl (C=O) groups is 1. The second-order valence-corrected chi connectivity index (χ2v) is 3.57. The van der Waals surface area contributed by atoms with Gasteiger partial charge in [0.25, 0.3) is 0 Å². The van der Waals surface area contributed by atoms with Crippen LogP contribution in [0.25, 0.3) is 0 Å². The zero-order valence-corrected chi connectivity index (χ0v) is 8.46. The van der Waals surface area contributed by atoms with Crippen LogP contribution in [0.5, 0.6) is 0 Å². The second-order valence-electron chi connectivity index (χ2n) is 3.57. The van der Waals surface area contributed by atoms with Crippen LogP contribution in [-0.2, 0) is 4.74 Å². The van der Waals surface area contributed by atoms with E-state index in [1.807, 2.05) is 30.3 Å². The van der Waals surface area contributed by atoms with Crippen LogP contribution in [0.2, 0.25) is 0 Å². The minimum absolute atomic E-state index is 0.157. The largest absolute Gasteiger partial charge is 0.441 e. The van der Waals surface area contributed by atoms with Gasteiger partial charge in [0.2, 0.25) is 0 Å². The first kappa shape index (κ1) is 9.98. The SMILES string of the molecule is CN1C(=O)O[C@@H](CO)[C@@H]1c1ccccc1. The maximum absolute atomic E-state index is 11.3. The van der Waals surface area contributed by atoms with Crippen LogP contribution in [0.15, 0.2) is 30.3 Å². The fourth-order valence-corrected chi connectivity index (χ4v) is 1.87. The number of aliphatic hydroxyl groups excluding tert-OH is 1. The summed E-state index contributed by atoms with van der Waals surface area (Å²) in [5.74, 6) is 0. The highest BCUT2D eigenvalue weighted by Gasteiger charge is 2.39. The molecule has 0 unspecified atom stereocenters. The van der Waals surface area contributed by atoms with Crippen molar-refractivity contribution in [1.29, 1.82) is 0 Å². The molecule has 0 spiro atoms. The van der Waals surface area contributed by atoms with E-state index >= 15 is 0 Å². The lowest BCUT2D eigenvalue weighted by atomic mass is 10.0. The lowest BCUT2D eigenvalue weighted by molar-refractivity contribution is 0.0827. The molecule has 1 N–H and O–H groups in total. The van der Waals surface area contributed by atoms with Gasteiger partial charge in [-0.1, -0.05) is 30.3 Å². The van der Waals surface area contributed by atoms with Gasteiger partial charge in [0.1, 0.15) is 0 Å². The van der Waals surface area contributed by atoms with Crippen molar-refractivity contribution in [1.82, 2.24) is 4.90 Å². The predicted molar refractivity (Wildman–Crippen MR) is 54.3 cm³/mol. The highest BCUT2D eigenvalue weighted by Crippen LogP contribution is 2.31. The quantitative estimate of drug-likeness (QED) is 0.792. The van der Waals surface area contributed by atoms with E-state index in [2.05, 4.69) is 0 Å². The van der Waals surface area contributed by atoms with Crippen molar-refractivity contribution < 1.29 is 14.6 Å². The first-order valence-corrected chi connectivity index (χ1v) is 4.83. The summed E-state index contributed by atoms with van der Waals surface area (Å²) in [7, 11) is 1.68. The molecule has 1 amide bonds. The molecule has 1 aromatic rings. The Morgan fingerprint density at radius 3 is 2.67 bits per heavy atom. The zero-order chi connectivity index (χ0) is 10.8. The van der Waals surface area contributed by atoms with Gasteiger partial charge >= 0.3 is 6.09 Å². The minimum Gasteiger partial charge on any atom is -0.441 e. The smallest absolute Gasteiger partial charge is 0.410 e. The number of carbonyl (C=O) groups excluding carboxylic acids is 1. The van der Waals surface area contributed by atoms with E-state index < -0.39 is 6.10 Å². The molecule has 0 aliphatic carbocycles. The normalized spacial score (nSPS) is 25.5. The summed E-state index contributed by atoms with van der Waals surface area (Å²) in [6.07, 6.45) is -0.854. The molecule has 2 rings (SSSR count). The number of benzene rings is 1. The Bertz CT molecular complexity index is 352. The van der Waals surface area contributed by atoms with Crippen LogP contribution in [0.1, 0.15) is 11.6 Å². The molecule has 1 aliphatic rings. The maximum Gasteiger partial charge on any atom is 0.410 e. The zero-order valence-electron chi connectivity index (χ0n) is 8.46. The fraction of sp³-hybridized carbons (Fsp3) is 0.364. The summed E-state index contributed by atoms with van der Waals surface area (Å²) < 4.78 is 5.03. The highest BCUT2D eigenvalue weighted by atomic mass is 16.6. The Hall–Kier alpha value is -1.55. The molecule has 1 saturated heterocycles. The summed E-state index contributed by atoms with van der Waals surface area (Å²) in [5.41, 5.74) is 0.977. The van der Waals surface area contributed by atoms with Gasteiger partial charge in [0.15, 0.2) is 6.10 Å². The third kappa shape index (κ3) is 1.68. The van der Waals surface area contributed by atoms with Crippen LogP contribution in [0.3, 0.4) is 0 Å². The van der Waals surface area contributed by atoms with Crippen LogP contribution in [0.4, 0.5) is 4.79 Å². The molecule has 0 aromatic heterocycles. The number of hydrogen-bond donors (Lipinski definition) is 1. The number of likely N-dealkylation sites (N-methyl/N-ethyl adjacent to an activating group) is 1. The van der Waals surface area contributed by atoms with Gasteiger partial charge in [-0.15, -0.1) is 0 Å². The van der Waals surface area contributed by atoms with Gasteiger partial charge in [-0.2, -0.15) is 0 Å². The molecular weight excluding hydrogens is 194 g/mol. The molecule has 80 valence electrons. The lowest BCUT2D eigenvalue weighted by Crippen LogP contribution is -2.27. The average molecular weight is 207 g/mol. The van der Waals surface area contributed by atoms with Gasteiger partial charge in [0, 0.05) is 7.05 Å². The van der Waals surface area contributed by atoms with Crippen molar-refractivity contribution in [2.45, 2.75) is 12.1 Å². The molecule has 1 aliphatic heterocycles. The summed E-state index contributed by atoms with van der Waals surface area (Å²) in [4.78, 5) is 12.8. The van der Waals surface area contributed by atoms with E-state index in [0.29, 0.717) is 0 Å². The van der Waals surface area contributed by atoms with Gasteiger partial charge in [-0.05, 0) is 5.56 Å². The highest BCUT2D eigenvalue weighted by molar-refractivity contribution is 5.70. The number of ether oxygens (including phenoxy) is 1. The molecule has 1 aromatic carbocycles. The van der Waals surface area contributed by atoms with Crippen molar-refractivity contribution in [2.24, 2.45) is 0 Å². The summed E-state index contributed by atoms with van der Waals surface area (Å²) in [5, 5.41) is 9.13. The van der Waals surface area contributed by atoms with Crippen molar-refractivity contribution in [3.8, 4) is 0 Å². The predicted octanol–water partition coefficient (Wildman–Crippen LogP) is 1.17. The summed E-state index contributed by atoms with van der Waals surface area (Å²) in [6, 6.07) is 9.37. The van der Waals surface area contributed by atoms with Gasteiger partial charge in [-0.3, -0.25) is 0 Å². The van der Waals surface area contributed by atoms with E-state index in [0.717, 1.165) is 5.56 Å². The number of cyclic esters (lactones) is 1. The van der Waals surface area contributed by atoms with Crippen molar-refractivity contribution in [3.63, 3.8) is 0 Å². The number of nitrogens with zero attached hydrogens (tertiary/aromatic N) is 1. The standard InChI is InChI=1S/C11H13NO3/c1-12-10(8-5-3-2-4-6-8)9(7-13)15-11(12)14/h2-6,9-10,13H,7H2,1H3/t9-,10-/m0/s1. The monoisotopic (exact) mass is 207 g/mol. The molecular formula is C11H13NO3. The number of hydrogen-bond acceptors (Lipinski definition) is 3. The van der Waals surface area contributed by atoms with E-state index in [4.69, 9.17) is 9.84 Å². The second kappa shape index (κ2) is 3.90. The topological polar surface area (TPSA) is 49.8 Å². The Morgan fingerprint density at radius 1 is 1.40 bits per heavy atom. The third-order valence-corrected chi connectivity index (χ3v) is 2.63. The maximum atomic E-state index is 11.3. The Morgan fingerprint density at radius 2 is 2.07 bits per heavy atom. The molecule has 0 radical (unpaired) electrons. The van der Waals surface area contributed by atoms with E-state index in [1.165, 1.54) is 4.90 Å². The molecule has 1 heterocycles. The first-order valence-electron chi connectivity index (χ1n) is 4.83. The molecule has 0 bridgehead atoms. The molecule has 2 atom stereocenters. The lowest BCUT2D eigenvalue weighted by Gasteiger charge is -2.20. The van der Waals surface area contributed by atoms with E-state index in [9.17, 15) is 4.79 Å². The fourth-order valence-electron chi connectivity index (χ4n) is 1.87. The van der Waals surface area contributed by atoms with Crippen molar-refractivity contribution >= 4 is 6.09 Å². The van der Waals surface area contributed by atoms with Crippen LogP contribution in [0, 0.1) is 0 Å². The molecule has 15 heavy (non-hydrogen) atoms. The van der Waals surface area contributed by atoms with Crippen molar-refractivity contribution in [2.75, 3.05) is 13.7 Å². The van der Waals surface area contributed by atoms with E-state index in [-0.39, 0.29) is 18.7 Å².